The van der Waals surface area contributed by atoms with Crippen LogP contribution in [0.15, 0.2) is 0 Å². The van der Waals surface area contributed by atoms with Gasteiger partial charge in [0.1, 0.15) is 0 Å². The summed E-state index contributed by atoms with van der Waals surface area (Å²) in [6.45, 7) is 16.2. The minimum absolute atomic E-state index is 0.0100. The lowest BCUT2D eigenvalue weighted by Gasteiger charge is -2.47. The van der Waals surface area contributed by atoms with Crippen molar-refractivity contribution in [3.05, 3.63) is 0 Å². The van der Waals surface area contributed by atoms with Crippen LogP contribution in [-0.4, -0.2) is 51.6 Å². The molecule has 0 aromatic carbocycles. The Hall–Kier alpha value is 0.220. The molecular weight excluding hydrogens is 426 g/mol. The molecule has 2 atom stereocenters. The lowest BCUT2D eigenvalue weighted by atomic mass is 9.62. The van der Waals surface area contributed by atoms with Gasteiger partial charge in [0.15, 0.2) is 0 Å². The summed E-state index contributed by atoms with van der Waals surface area (Å²) in [4.78, 5) is 0. The summed E-state index contributed by atoms with van der Waals surface area (Å²) in [5, 5.41) is 6.78. The summed E-state index contributed by atoms with van der Waals surface area (Å²) in [5.74, 6) is 0. The molecule has 0 aliphatic heterocycles. The van der Waals surface area contributed by atoms with Crippen molar-refractivity contribution in [2.45, 2.75) is 73.8 Å². The molecule has 2 N–H and O–H groups in total. The quantitative estimate of drug-likeness (QED) is 0.316. The number of hydrogen-bond donors (Lipinski definition) is 2. The van der Waals surface area contributed by atoms with E-state index in [2.05, 4.69) is 31.4 Å². The van der Waals surface area contributed by atoms with Gasteiger partial charge in [-0.3, -0.25) is 9.13 Å². The smallest absolute Gasteiger partial charge is 0.308 e. The average molecular weight is 471 g/mol. The van der Waals surface area contributed by atoms with Gasteiger partial charge in [-0.15, -0.1) is 0 Å². The molecule has 1 rings (SSSR count). The van der Waals surface area contributed by atoms with Crippen LogP contribution in [-0.2, 0) is 27.2 Å². The molecule has 10 heteroatoms. The van der Waals surface area contributed by atoms with Crippen molar-refractivity contribution in [2.24, 2.45) is 10.8 Å². The van der Waals surface area contributed by atoms with E-state index >= 15 is 0 Å². The van der Waals surface area contributed by atoms with Gasteiger partial charge in [0.05, 0.1) is 39.0 Å². The average Bonchev–Trinajstić information content (AvgIpc) is 2.59. The molecule has 0 bridgehead atoms. The molecule has 2 unspecified atom stereocenters. The zero-order valence-electron chi connectivity index (χ0n) is 20.0. The molecule has 0 aromatic heterocycles. The molecule has 8 nitrogen and oxygen atoms in total. The second-order valence-electron chi connectivity index (χ2n) is 9.10. The van der Waals surface area contributed by atoms with Crippen LogP contribution in [0.25, 0.3) is 0 Å². The van der Waals surface area contributed by atoms with Crippen LogP contribution in [0.3, 0.4) is 0 Å². The van der Waals surface area contributed by atoms with Crippen molar-refractivity contribution in [1.29, 1.82) is 0 Å². The van der Waals surface area contributed by atoms with E-state index in [0.29, 0.717) is 33.0 Å². The number of hydrogen-bond acceptors (Lipinski definition) is 8. The lowest BCUT2D eigenvalue weighted by molar-refractivity contribution is 0.0716. The van der Waals surface area contributed by atoms with Crippen LogP contribution in [0.1, 0.15) is 67.7 Å². The molecule has 180 valence electrons. The van der Waals surface area contributed by atoms with E-state index in [9.17, 15) is 9.13 Å². The van der Waals surface area contributed by atoms with E-state index in [0.717, 1.165) is 19.3 Å². The third-order valence-electron chi connectivity index (χ3n) is 5.18. The van der Waals surface area contributed by atoms with Gasteiger partial charge in [0.25, 0.3) is 0 Å². The fraction of sp³-hybridized carbons (Fsp3) is 1.00. The largest absolute Gasteiger partial charge is 0.344 e. The first-order valence-corrected chi connectivity index (χ1v) is 14.6. The molecule has 0 saturated heterocycles. The number of nitrogens with one attached hydrogen (secondary N) is 2. The van der Waals surface area contributed by atoms with Gasteiger partial charge in [0.2, 0.25) is 0 Å². The van der Waals surface area contributed by atoms with Crippen LogP contribution in [0.5, 0.6) is 0 Å². The third kappa shape index (κ3) is 9.79. The van der Waals surface area contributed by atoms with Gasteiger partial charge in [-0.25, -0.2) is 0 Å². The van der Waals surface area contributed by atoms with Crippen LogP contribution >= 0.6 is 15.2 Å². The van der Waals surface area contributed by atoms with Crippen molar-refractivity contribution in [3.8, 4) is 0 Å². The van der Waals surface area contributed by atoms with Crippen molar-refractivity contribution < 1.29 is 27.2 Å². The fourth-order valence-corrected chi connectivity index (χ4v) is 7.65. The van der Waals surface area contributed by atoms with Crippen molar-refractivity contribution in [3.63, 3.8) is 0 Å². The molecule has 1 fully saturated rings. The van der Waals surface area contributed by atoms with Crippen molar-refractivity contribution in [1.82, 2.24) is 10.6 Å². The Bertz CT molecular complexity index is 584. The summed E-state index contributed by atoms with van der Waals surface area (Å²) in [6.07, 6.45) is 3.34. The van der Waals surface area contributed by atoms with E-state index in [-0.39, 0.29) is 29.4 Å². The predicted octanol–water partition coefficient (Wildman–Crippen LogP) is 5.20. The highest BCUT2D eigenvalue weighted by Gasteiger charge is 2.42. The van der Waals surface area contributed by atoms with Gasteiger partial charge < -0.3 is 28.7 Å². The number of rotatable bonds is 15. The molecule has 0 heterocycles. The maximum absolute atomic E-state index is 12.8. The zero-order chi connectivity index (χ0) is 22.9. The SMILES string of the molecule is CCOP(=O)(CNCC1(C)CC(NCP(=O)(OCC)OCC)CC(C)(C)C1)OCC. The topological polar surface area (TPSA) is 95.1 Å². The van der Waals surface area contributed by atoms with Gasteiger partial charge in [0, 0.05) is 12.6 Å². The summed E-state index contributed by atoms with van der Waals surface area (Å²) < 4.78 is 47.1. The second kappa shape index (κ2) is 12.5. The summed E-state index contributed by atoms with van der Waals surface area (Å²) in [6, 6.07) is 0.195. The molecule has 0 spiro atoms. The highest BCUT2D eigenvalue weighted by Crippen LogP contribution is 2.50. The normalized spacial score (nSPS) is 24.8. The molecule has 0 aromatic rings. The Labute approximate surface area is 183 Å². The van der Waals surface area contributed by atoms with E-state index in [1.807, 2.05) is 27.7 Å². The first-order valence-electron chi connectivity index (χ1n) is 11.1. The monoisotopic (exact) mass is 470 g/mol. The first-order chi connectivity index (χ1) is 13.9. The van der Waals surface area contributed by atoms with Crippen LogP contribution in [0.4, 0.5) is 0 Å². The van der Waals surface area contributed by atoms with Gasteiger partial charge in [-0.05, 0) is 57.8 Å². The molecule has 0 radical (unpaired) electrons. The fourth-order valence-electron chi connectivity index (χ4n) is 4.69. The maximum Gasteiger partial charge on any atom is 0.344 e. The Morgan fingerprint density at radius 2 is 1.27 bits per heavy atom. The zero-order valence-corrected chi connectivity index (χ0v) is 21.8. The molecule has 30 heavy (non-hydrogen) atoms. The van der Waals surface area contributed by atoms with E-state index in [1.165, 1.54) is 0 Å². The molecule has 0 amide bonds. The van der Waals surface area contributed by atoms with Gasteiger partial charge in [-0.1, -0.05) is 20.8 Å². The molecule has 1 aliphatic rings. The summed E-state index contributed by atoms with van der Waals surface area (Å²) in [5.41, 5.74) is 0.112. The second-order valence-corrected chi connectivity index (χ2v) is 13.2. The van der Waals surface area contributed by atoms with Crippen LogP contribution < -0.4 is 10.6 Å². The maximum atomic E-state index is 12.8. The highest BCUT2D eigenvalue weighted by molar-refractivity contribution is 7.54. The Balaban J connectivity index is 2.73. The van der Waals surface area contributed by atoms with Crippen LogP contribution in [0.2, 0.25) is 0 Å². The minimum Gasteiger partial charge on any atom is -0.308 e. The van der Waals surface area contributed by atoms with Crippen molar-refractivity contribution >= 4 is 15.2 Å². The van der Waals surface area contributed by atoms with E-state index < -0.39 is 15.2 Å². The van der Waals surface area contributed by atoms with Gasteiger partial charge in [-0.2, -0.15) is 0 Å². The highest BCUT2D eigenvalue weighted by atomic mass is 31.2. The Morgan fingerprint density at radius 1 is 0.800 bits per heavy atom. The van der Waals surface area contributed by atoms with Crippen LogP contribution in [0, 0.1) is 10.8 Å². The Morgan fingerprint density at radius 3 is 1.73 bits per heavy atom. The lowest BCUT2D eigenvalue weighted by Crippen LogP contribution is -2.48. The summed E-state index contributed by atoms with van der Waals surface area (Å²) in [7, 11) is -6.24. The minimum atomic E-state index is -3.13. The first kappa shape index (κ1) is 28.3. The molecular formula is C20H44N2O6P2. The summed E-state index contributed by atoms with van der Waals surface area (Å²) >= 11 is 0. The van der Waals surface area contributed by atoms with Gasteiger partial charge >= 0.3 is 15.2 Å². The standard InChI is InChI=1S/C20H44N2O6P2/c1-8-25-29(23,26-9-2)16-21-15-20(7)13-18(12-19(5,6)14-20)22-17-30(24,27-10-3)28-11-4/h18,21-22H,8-17H2,1-7H3. The van der Waals surface area contributed by atoms with E-state index in [4.69, 9.17) is 18.1 Å². The molecule has 1 saturated carbocycles. The van der Waals surface area contributed by atoms with E-state index in [1.54, 1.807) is 0 Å². The van der Waals surface area contributed by atoms with Crippen molar-refractivity contribution in [2.75, 3.05) is 45.5 Å². The molecule has 1 aliphatic carbocycles. The third-order valence-corrected chi connectivity index (χ3v) is 8.96. The predicted molar refractivity (Wildman–Crippen MR) is 122 cm³/mol. The Kier molecular flexibility index (Phi) is 11.7.